The van der Waals surface area contributed by atoms with Crippen LogP contribution in [0.2, 0.25) is 19.1 Å². The fraction of sp³-hybridized carbons (Fsp3) is 0.625. The highest BCUT2D eigenvalue weighted by Gasteiger charge is 2.24. The van der Waals surface area contributed by atoms with E-state index in [2.05, 4.69) is 32.8 Å². The standard InChI is InChI=1S/C16H29O4Si/c1-6-10-17-15(18-11-7-2)16(19-12-8-3)20-13-9-14-21(4)5/h6-8,15-16H,1-3,9-14H2,4-5H3. The maximum absolute atomic E-state index is 5.78. The largest absolute Gasteiger partial charge is 0.348 e. The van der Waals surface area contributed by atoms with E-state index >= 15 is 0 Å². The van der Waals surface area contributed by atoms with E-state index in [4.69, 9.17) is 18.9 Å². The molecule has 0 amide bonds. The second-order valence-electron chi connectivity index (χ2n) is 4.78. The molecule has 21 heavy (non-hydrogen) atoms. The Morgan fingerprint density at radius 3 is 1.62 bits per heavy atom. The molecular weight excluding hydrogens is 284 g/mol. The zero-order valence-corrected chi connectivity index (χ0v) is 14.4. The highest BCUT2D eigenvalue weighted by atomic mass is 28.3. The summed E-state index contributed by atoms with van der Waals surface area (Å²) >= 11 is 0. The Kier molecular flexibility index (Phi) is 13.7. The molecule has 1 atom stereocenters. The van der Waals surface area contributed by atoms with Crippen LogP contribution in [0.4, 0.5) is 0 Å². The van der Waals surface area contributed by atoms with Gasteiger partial charge in [-0.15, -0.1) is 19.7 Å². The van der Waals surface area contributed by atoms with Gasteiger partial charge in [-0.1, -0.05) is 37.4 Å². The van der Waals surface area contributed by atoms with Crippen molar-refractivity contribution in [3.63, 3.8) is 0 Å². The van der Waals surface area contributed by atoms with Crippen LogP contribution in [-0.4, -0.2) is 47.8 Å². The summed E-state index contributed by atoms with van der Waals surface area (Å²) < 4.78 is 22.5. The van der Waals surface area contributed by atoms with Crippen LogP contribution >= 0.6 is 0 Å². The van der Waals surface area contributed by atoms with Crippen molar-refractivity contribution in [1.82, 2.24) is 0 Å². The van der Waals surface area contributed by atoms with Gasteiger partial charge in [-0.2, -0.15) is 0 Å². The summed E-state index contributed by atoms with van der Waals surface area (Å²) in [5.74, 6) is 0. The van der Waals surface area contributed by atoms with Crippen molar-refractivity contribution in [3.05, 3.63) is 38.0 Å². The Bertz CT molecular complexity index is 269. The number of hydrogen-bond donors (Lipinski definition) is 0. The third-order valence-electron chi connectivity index (χ3n) is 2.46. The van der Waals surface area contributed by atoms with E-state index in [-0.39, 0.29) is 8.80 Å². The first-order valence-electron chi connectivity index (χ1n) is 7.23. The molecule has 121 valence electrons. The molecule has 0 bridgehead atoms. The van der Waals surface area contributed by atoms with Gasteiger partial charge in [0, 0.05) is 15.4 Å². The van der Waals surface area contributed by atoms with E-state index in [1.54, 1.807) is 18.2 Å². The molecule has 0 N–H and O–H groups in total. The smallest absolute Gasteiger partial charge is 0.210 e. The second kappa shape index (κ2) is 14.2. The maximum Gasteiger partial charge on any atom is 0.210 e. The van der Waals surface area contributed by atoms with Crippen LogP contribution in [0, 0.1) is 0 Å². The molecule has 1 radical (unpaired) electrons. The van der Waals surface area contributed by atoms with Crippen molar-refractivity contribution in [2.45, 2.75) is 38.1 Å². The van der Waals surface area contributed by atoms with Crippen LogP contribution < -0.4 is 0 Å². The van der Waals surface area contributed by atoms with E-state index in [1.807, 2.05) is 0 Å². The lowest BCUT2D eigenvalue weighted by molar-refractivity contribution is -0.277. The molecule has 0 fully saturated rings. The van der Waals surface area contributed by atoms with E-state index in [1.165, 1.54) is 6.04 Å². The molecule has 0 aromatic carbocycles. The van der Waals surface area contributed by atoms with Gasteiger partial charge in [0.1, 0.15) is 0 Å². The summed E-state index contributed by atoms with van der Waals surface area (Å²) in [6, 6.07) is 1.21. The quantitative estimate of drug-likeness (QED) is 0.201. The molecule has 0 heterocycles. The molecule has 0 aliphatic heterocycles. The summed E-state index contributed by atoms with van der Waals surface area (Å²) in [7, 11) is -0.223. The van der Waals surface area contributed by atoms with Crippen LogP contribution in [0.3, 0.4) is 0 Å². The molecule has 0 aliphatic carbocycles. The highest BCUT2D eigenvalue weighted by molar-refractivity contribution is 6.55. The molecule has 1 unspecified atom stereocenters. The van der Waals surface area contributed by atoms with Crippen LogP contribution in [-0.2, 0) is 18.9 Å². The van der Waals surface area contributed by atoms with Crippen LogP contribution in [0.25, 0.3) is 0 Å². The molecule has 0 saturated heterocycles. The summed E-state index contributed by atoms with van der Waals surface area (Å²) in [6.45, 7) is 17.2. The van der Waals surface area contributed by atoms with Gasteiger partial charge in [0.25, 0.3) is 0 Å². The molecule has 0 saturated carbocycles. The zero-order chi connectivity index (χ0) is 15.9. The average Bonchev–Trinajstić information content (AvgIpc) is 2.47. The zero-order valence-electron chi connectivity index (χ0n) is 13.4. The highest BCUT2D eigenvalue weighted by Crippen LogP contribution is 2.11. The normalized spacial score (nSPS) is 12.6. The topological polar surface area (TPSA) is 36.9 Å². The van der Waals surface area contributed by atoms with Gasteiger partial charge in [0.15, 0.2) is 0 Å². The van der Waals surface area contributed by atoms with Gasteiger partial charge in [-0.25, -0.2) is 0 Å². The van der Waals surface area contributed by atoms with Crippen molar-refractivity contribution < 1.29 is 18.9 Å². The first-order valence-corrected chi connectivity index (χ1v) is 9.94. The van der Waals surface area contributed by atoms with Gasteiger partial charge in [-0.05, 0) is 6.42 Å². The Balaban J connectivity index is 4.41. The Morgan fingerprint density at radius 2 is 1.24 bits per heavy atom. The molecular formula is C16H29O4Si. The average molecular weight is 313 g/mol. The minimum absolute atomic E-state index is 0.223. The van der Waals surface area contributed by atoms with E-state index in [9.17, 15) is 0 Å². The Hall–Kier alpha value is -0.723. The van der Waals surface area contributed by atoms with Crippen molar-refractivity contribution in [2.24, 2.45) is 0 Å². The first kappa shape index (κ1) is 20.3. The predicted octanol–water partition coefficient (Wildman–Crippen LogP) is 3.41. The van der Waals surface area contributed by atoms with Crippen LogP contribution in [0.1, 0.15) is 6.42 Å². The van der Waals surface area contributed by atoms with Crippen molar-refractivity contribution in [3.8, 4) is 0 Å². The summed E-state index contributed by atoms with van der Waals surface area (Å²) in [5.41, 5.74) is 0. The van der Waals surface area contributed by atoms with Gasteiger partial charge in [0.2, 0.25) is 12.6 Å². The van der Waals surface area contributed by atoms with Gasteiger partial charge in [-0.3, -0.25) is 0 Å². The van der Waals surface area contributed by atoms with E-state index in [0.29, 0.717) is 26.4 Å². The lowest BCUT2D eigenvalue weighted by Crippen LogP contribution is -2.37. The first-order chi connectivity index (χ1) is 10.2. The Labute approximate surface area is 131 Å². The summed E-state index contributed by atoms with van der Waals surface area (Å²) in [4.78, 5) is 0. The van der Waals surface area contributed by atoms with Crippen molar-refractivity contribution >= 4 is 8.80 Å². The minimum atomic E-state index is -0.603. The molecule has 0 aliphatic rings. The number of rotatable bonds is 15. The predicted molar refractivity (Wildman–Crippen MR) is 88.9 cm³/mol. The maximum atomic E-state index is 5.78. The molecule has 0 aromatic heterocycles. The molecule has 0 spiro atoms. The molecule has 5 heteroatoms. The number of hydrogen-bond acceptors (Lipinski definition) is 4. The summed E-state index contributed by atoms with van der Waals surface area (Å²) in [5, 5.41) is 0. The van der Waals surface area contributed by atoms with Gasteiger partial charge >= 0.3 is 0 Å². The van der Waals surface area contributed by atoms with E-state index < -0.39 is 12.6 Å². The number of ether oxygens (including phenoxy) is 4. The van der Waals surface area contributed by atoms with Crippen molar-refractivity contribution in [2.75, 3.05) is 26.4 Å². The van der Waals surface area contributed by atoms with Crippen LogP contribution in [0.5, 0.6) is 0 Å². The van der Waals surface area contributed by atoms with Gasteiger partial charge in [0.05, 0.1) is 19.8 Å². The Morgan fingerprint density at radius 1 is 0.810 bits per heavy atom. The van der Waals surface area contributed by atoms with Gasteiger partial charge < -0.3 is 18.9 Å². The lowest BCUT2D eigenvalue weighted by atomic mass is 10.5. The second-order valence-corrected chi connectivity index (χ2v) is 7.70. The summed E-state index contributed by atoms with van der Waals surface area (Å²) in [6.07, 6.45) is 4.84. The fourth-order valence-electron chi connectivity index (χ4n) is 1.52. The monoisotopic (exact) mass is 313 g/mol. The molecule has 0 aromatic rings. The minimum Gasteiger partial charge on any atom is -0.348 e. The van der Waals surface area contributed by atoms with E-state index in [0.717, 1.165) is 6.42 Å². The third kappa shape index (κ3) is 11.6. The third-order valence-corrected chi connectivity index (χ3v) is 3.81. The lowest BCUT2D eigenvalue weighted by Gasteiger charge is -2.26. The SMILES string of the molecule is C=CCOC(OCC=C)C(OCC=C)OCCC[Si](C)C. The van der Waals surface area contributed by atoms with Crippen molar-refractivity contribution in [1.29, 1.82) is 0 Å². The fourth-order valence-corrected chi connectivity index (χ4v) is 2.38. The molecule has 0 rings (SSSR count). The van der Waals surface area contributed by atoms with Crippen LogP contribution in [0.15, 0.2) is 38.0 Å². The molecule has 4 nitrogen and oxygen atoms in total.